The van der Waals surface area contributed by atoms with E-state index < -0.39 is 0 Å². The minimum atomic E-state index is -0.371. The lowest BCUT2D eigenvalue weighted by atomic mass is 9.87. The van der Waals surface area contributed by atoms with Crippen molar-refractivity contribution in [3.8, 4) is 0 Å². The number of ether oxygens (including phenoxy) is 1. The molecule has 1 aromatic heterocycles. The number of nitrogens with two attached hydrogens (primary N) is 2. The fraction of sp³-hybridized carbons (Fsp3) is 0.444. The zero-order valence-corrected chi connectivity index (χ0v) is 15.1. The second-order valence-electron chi connectivity index (χ2n) is 6.61. The third-order valence-corrected chi connectivity index (χ3v) is 4.73. The van der Waals surface area contributed by atoms with Crippen molar-refractivity contribution in [1.82, 2.24) is 9.78 Å². The minimum absolute atomic E-state index is 0.289. The van der Waals surface area contributed by atoms with Gasteiger partial charge in [-0.05, 0) is 50.5 Å². The first-order chi connectivity index (χ1) is 11.9. The Bertz CT molecular complexity index is 787. The number of nitrogens with zero attached hydrogens (tertiary/aromatic N) is 2. The van der Waals surface area contributed by atoms with Crippen molar-refractivity contribution in [3.63, 3.8) is 0 Å². The van der Waals surface area contributed by atoms with Gasteiger partial charge in [0.2, 0.25) is 0 Å². The van der Waals surface area contributed by atoms with Crippen LogP contribution in [-0.2, 0) is 17.7 Å². The van der Waals surface area contributed by atoms with E-state index in [4.69, 9.17) is 27.8 Å². The lowest BCUT2D eigenvalue weighted by molar-refractivity contribution is 0.0509. The van der Waals surface area contributed by atoms with Gasteiger partial charge in [-0.25, -0.2) is 4.79 Å². The van der Waals surface area contributed by atoms with Crippen molar-refractivity contribution >= 4 is 23.1 Å². The molecular formula is C18H23ClN4O2. The number of fused-ring (bicyclic) bond motifs is 1. The van der Waals surface area contributed by atoms with Gasteiger partial charge in [-0.2, -0.15) is 5.10 Å². The summed E-state index contributed by atoms with van der Waals surface area (Å²) in [7, 11) is 0. The summed E-state index contributed by atoms with van der Waals surface area (Å²) in [4.78, 5) is 12.6. The van der Waals surface area contributed by atoms with Gasteiger partial charge in [-0.3, -0.25) is 4.68 Å². The van der Waals surface area contributed by atoms with Gasteiger partial charge < -0.3 is 16.2 Å². The van der Waals surface area contributed by atoms with Gasteiger partial charge in [-0.1, -0.05) is 18.2 Å². The summed E-state index contributed by atoms with van der Waals surface area (Å²) in [6, 6.07) is 0. The first kappa shape index (κ1) is 17.8. The molecule has 25 heavy (non-hydrogen) atoms. The molecule has 2 aliphatic carbocycles. The van der Waals surface area contributed by atoms with Gasteiger partial charge in [0.15, 0.2) is 0 Å². The Hall–Kier alpha value is -2.05. The molecular weight excluding hydrogens is 340 g/mol. The van der Waals surface area contributed by atoms with Crippen LogP contribution in [0.1, 0.15) is 47.9 Å². The molecule has 1 aromatic rings. The number of halogens is 1. The number of hydrogen-bond acceptors (Lipinski definition) is 5. The van der Waals surface area contributed by atoms with E-state index in [2.05, 4.69) is 11.7 Å². The second kappa shape index (κ2) is 6.69. The summed E-state index contributed by atoms with van der Waals surface area (Å²) in [6.07, 6.45) is 6.51. The molecule has 7 heteroatoms. The van der Waals surface area contributed by atoms with Crippen molar-refractivity contribution in [2.45, 2.75) is 44.7 Å². The smallest absolute Gasteiger partial charge is 0.356 e. The number of aromatic nitrogens is 2. The molecule has 6 nitrogen and oxygen atoms in total. The highest BCUT2D eigenvalue weighted by Gasteiger charge is 2.41. The maximum Gasteiger partial charge on any atom is 0.356 e. The number of carbonyl (C=O) groups excluding carboxylic acids is 1. The van der Waals surface area contributed by atoms with Crippen molar-refractivity contribution in [1.29, 1.82) is 0 Å². The zero-order valence-electron chi connectivity index (χ0n) is 14.3. The van der Waals surface area contributed by atoms with Gasteiger partial charge in [0, 0.05) is 21.7 Å². The summed E-state index contributed by atoms with van der Waals surface area (Å²) in [5.74, 6) is -0.371. The van der Waals surface area contributed by atoms with Gasteiger partial charge in [0.25, 0.3) is 0 Å². The van der Waals surface area contributed by atoms with E-state index in [1.54, 1.807) is 23.9 Å². The van der Waals surface area contributed by atoms with Gasteiger partial charge >= 0.3 is 5.97 Å². The van der Waals surface area contributed by atoms with Crippen molar-refractivity contribution in [2.24, 2.45) is 11.5 Å². The normalized spacial score (nSPS) is 21.2. The number of carbonyl (C=O) groups is 1. The molecule has 0 radical (unpaired) electrons. The monoisotopic (exact) mass is 362 g/mol. The molecule has 2 aliphatic rings. The molecule has 0 aliphatic heterocycles. The average Bonchev–Trinajstić information content (AvgIpc) is 3.15. The molecule has 0 amide bonds. The third-order valence-electron chi connectivity index (χ3n) is 4.62. The molecule has 1 fully saturated rings. The van der Waals surface area contributed by atoms with Crippen molar-refractivity contribution in [2.75, 3.05) is 6.61 Å². The molecule has 0 spiro atoms. The van der Waals surface area contributed by atoms with Gasteiger partial charge in [0.1, 0.15) is 5.69 Å². The maximum atomic E-state index is 12.6. The SMILES string of the molecule is C=C(Cl)/C=C1\C(=C/N)CCc2c1nn(CC1(N)CC1)c2C(=O)OCC. The van der Waals surface area contributed by atoms with E-state index in [0.717, 1.165) is 29.6 Å². The van der Waals surface area contributed by atoms with Gasteiger partial charge in [0.05, 0.1) is 18.8 Å². The van der Waals surface area contributed by atoms with Crippen LogP contribution in [0, 0.1) is 0 Å². The summed E-state index contributed by atoms with van der Waals surface area (Å²) < 4.78 is 6.95. The number of allylic oxidation sites excluding steroid dienone is 4. The summed E-state index contributed by atoms with van der Waals surface area (Å²) in [6.45, 7) is 6.31. The fourth-order valence-corrected chi connectivity index (χ4v) is 3.26. The van der Waals surface area contributed by atoms with Crippen LogP contribution >= 0.6 is 11.6 Å². The Kier molecular flexibility index (Phi) is 4.75. The Labute approximate surface area is 152 Å². The number of hydrogen-bond donors (Lipinski definition) is 2. The second-order valence-corrected chi connectivity index (χ2v) is 7.10. The van der Waals surface area contributed by atoms with Crippen LogP contribution in [0.5, 0.6) is 0 Å². The summed E-state index contributed by atoms with van der Waals surface area (Å²) in [5, 5.41) is 5.06. The minimum Gasteiger partial charge on any atom is -0.461 e. The first-order valence-corrected chi connectivity index (χ1v) is 8.79. The van der Waals surface area contributed by atoms with E-state index in [-0.39, 0.29) is 11.5 Å². The van der Waals surface area contributed by atoms with Crippen LogP contribution in [0.2, 0.25) is 0 Å². The molecule has 4 N–H and O–H groups in total. The molecule has 0 bridgehead atoms. The molecule has 1 saturated carbocycles. The van der Waals surface area contributed by atoms with Crippen LogP contribution < -0.4 is 11.5 Å². The summed E-state index contributed by atoms with van der Waals surface area (Å²) in [5.41, 5.74) is 15.5. The van der Waals surface area contributed by atoms with Crippen LogP contribution in [0.4, 0.5) is 0 Å². The highest BCUT2D eigenvalue weighted by atomic mass is 35.5. The average molecular weight is 363 g/mol. The Balaban J connectivity index is 2.14. The van der Waals surface area contributed by atoms with Crippen molar-refractivity contribution < 1.29 is 9.53 Å². The predicted molar refractivity (Wildman–Crippen MR) is 97.9 cm³/mol. The number of esters is 1. The molecule has 134 valence electrons. The van der Waals surface area contributed by atoms with Crippen LogP contribution in [-0.4, -0.2) is 27.9 Å². The van der Waals surface area contributed by atoms with Crippen LogP contribution in [0.25, 0.3) is 5.57 Å². The zero-order chi connectivity index (χ0) is 18.2. The van der Waals surface area contributed by atoms with E-state index in [1.807, 2.05) is 0 Å². The van der Waals surface area contributed by atoms with Gasteiger partial charge in [-0.15, -0.1) is 0 Å². The van der Waals surface area contributed by atoms with Crippen molar-refractivity contribution in [3.05, 3.63) is 46.4 Å². The molecule has 1 heterocycles. The predicted octanol–water partition coefficient (Wildman–Crippen LogP) is 2.48. The topological polar surface area (TPSA) is 96.2 Å². The first-order valence-electron chi connectivity index (χ1n) is 8.42. The summed E-state index contributed by atoms with van der Waals surface area (Å²) >= 11 is 5.99. The van der Waals surface area contributed by atoms with Crippen LogP contribution in [0.3, 0.4) is 0 Å². The Morgan fingerprint density at radius 3 is 2.76 bits per heavy atom. The molecule has 3 rings (SSSR count). The van der Waals surface area contributed by atoms with Crippen LogP contribution in [0.15, 0.2) is 29.5 Å². The lowest BCUT2D eigenvalue weighted by Crippen LogP contribution is -2.30. The third kappa shape index (κ3) is 3.50. The maximum absolute atomic E-state index is 12.6. The lowest BCUT2D eigenvalue weighted by Gasteiger charge is -2.18. The molecule has 0 unspecified atom stereocenters. The number of rotatable bonds is 5. The molecule has 0 saturated heterocycles. The van der Waals surface area contributed by atoms with E-state index in [1.165, 1.54) is 0 Å². The Morgan fingerprint density at radius 1 is 1.48 bits per heavy atom. The largest absolute Gasteiger partial charge is 0.461 e. The molecule has 0 aromatic carbocycles. The standard InChI is InChI=1S/C18H23ClN4O2/c1-3-25-17(24)16-13-5-4-12(9-20)14(8-11(2)19)15(13)22-23(16)10-18(21)6-7-18/h8-9H,2-7,10,20-21H2,1H3/b12-9-,14-8+. The Morgan fingerprint density at radius 2 is 2.20 bits per heavy atom. The highest BCUT2D eigenvalue weighted by molar-refractivity contribution is 6.31. The highest BCUT2D eigenvalue weighted by Crippen LogP contribution is 2.39. The van der Waals surface area contributed by atoms with E-state index in [0.29, 0.717) is 42.4 Å². The molecule has 0 atom stereocenters. The fourth-order valence-electron chi connectivity index (χ4n) is 3.15. The quantitative estimate of drug-likeness (QED) is 0.784. The van der Waals surface area contributed by atoms with E-state index >= 15 is 0 Å². The van der Waals surface area contributed by atoms with E-state index in [9.17, 15) is 4.79 Å².